The van der Waals surface area contributed by atoms with Gasteiger partial charge >= 0.3 is 6.09 Å². The highest BCUT2D eigenvalue weighted by Crippen LogP contribution is 2.47. The van der Waals surface area contributed by atoms with Gasteiger partial charge in [-0.3, -0.25) is 14.8 Å². The van der Waals surface area contributed by atoms with E-state index >= 15 is 0 Å². The van der Waals surface area contributed by atoms with Gasteiger partial charge in [-0.05, 0) is 115 Å². The standard InChI is InChI=1S/C46H49FN4O7S/c1-4-57-44-26-42(43-20-11-36(47)27-48-43)41(34-9-10-34)25-35(44)30-49-23-21-46(22-24-49)31-51(45(52)58-46)37-12-18-40(19-13-37)59(53,54)50(28-32-5-14-38(55-2)15-6-32)29-33-7-16-39(56-3)17-8-33/h5-8,11-20,25-27,34H,4,9-10,21-24,28-31H2,1-3H3. The van der Waals surface area contributed by atoms with Crippen molar-refractivity contribution in [1.29, 1.82) is 0 Å². The Kier molecular flexibility index (Phi) is 11.6. The summed E-state index contributed by atoms with van der Waals surface area (Å²) in [6, 6.07) is 28.6. The molecule has 0 radical (unpaired) electrons. The monoisotopic (exact) mass is 820 g/mol. The zero-order valence-electron chi connectivity index (χ0n) is 33.6. The number of hydrogen-bond donors (Lipinski definition) is 0. The van der Waals surface area contributed by atoms with Crippen LogP contribution >= 0.6 is 0 Å². The van der Waals surface area contributed by atoms with Crippen molar-refractivity contribution in [3.63, 3.8) is 0 Å². The van der Waals surface area contributed by atoms with E-state index in [2.05, 4.69) is 22.0 Å². The normalized spacial score (nSPS) is 16.7. The minimum absolute atomic E-state index is 0.122. The zero-order valence-corrected chi connectivity index (χ0v) is 34.4. The number of carbonyl (C=O) groups excluding carboxylic acids is 1. The Bertz CT molecular complexity index is 2320. The molecule has 1 aliphatic carbocycles. The van der Waals surface area contributed by atoms with Crippen LogP contribution in [0.2, 0.25) is 0 Å². The number of ether oxygens (including phenoxy) is 4. The van der Waals surface area contributed by atoms with E-state index < -0.39 is 21.7 Å². The molecule has 3 aliphatic rings. The molecule has 3 fully saturated rings. The van der Waals surface area contributed by atoms with Crippen LogP contribution in [0.5, 0.6) is 17.2 Å². The highest BCUT2D eigenvalue weighted by molar-refractivity contribution is 7.89. The van der Waals surface area contributed by atoms with E-state index in [9.17, 15) is 17.6 Å². The number of amides is 1. The Hall–Kier alpha value is -5.50. The van der Waals surface area contributed by atoms with Crippen LogP contribution in [0.25, 0.3) is 11.3 Å². The molecule has 0 unspecified atom stereocenters. The van der Waals surface area contributed by atoms with E-state index in [0.717, 1.165) is 59.6 Å². The van der Waals surface area contributed by atoms with Gasteiger partial charge in [0.2, 0.25) is 10.0 Å². The molecule has 8 rings (SSSR count). The summed E-state index contributed by atoms with van der Waals surface area (Å²) in [5.41, 5.74) is 5.60. The van der Waals surface area contributed by atoms with E-state index in [4.69, 9.17) is 18.9 Å². The van der Waals surface area contributed by atoms with Gasteiger partial charge < -0.3 is 18.9 Å². The minimum atomic E-state index is -3.97. The quantitative estimate of drug-likeness (QED) is 0.103. The fourth-order valence-corrected chi connectivity index (χ4v) is 9.45. The minimum Gasteiger partial charge on any atom is -0.497 e. The molecule has 0 atom stereocenters. The van der Waals surface area contributed by atoms with Gasteiger partial charge in [0, 0.05) is 62.4 Å². The van der Waals surface area contributed by atoms with Crippen LogP contribution in [0.4, 0.5) is 14.9 Å². The molecular formula is C46H49FN4O7S. The van der Waals surface area contributed by atoms with E-state index in [1.807, 2.05) is 55.5 Å². The summed E-state index contributed by atoms with van der Waals surface area (Å²) in [6.07, 6.45) is 4.36. The van der Waals surface area contributed by atoms with E-state index in [1.54, 1.807) is 49.5 Å². The van der Waals surface area contributed by atoms with Crippen molar-refractivity contribution in [3.8, 4) is 28.5 Å². The molecular weight excluding hydrogens is 772 g/mol. The van der Waals surface area contributed by atoms with Gasteiger partial charge in [-0.15, -0.1) is 0 Å². The molecule has 5 aromatic rings. The number of likely N-dealkylation sites (tertiary alicyclic amines) is 1. The number of aromatic nitrogens is 1. The molecule has 3 heterocycles. The third-order valence-corrected chi connectivity index (χ3v) is 13.3. The van der Waals surface area contributed by atoms with E-state index in [1.165, 1.54) is 22.1 Å². The Balaban J connectivity index is 0.947. The number of anilines is 1. The molecule has 0 N–H and O–H groups in total. The van der Waals surface area contributed by atoms with Crippen LogP contribution < -0.4 is 19.1 Å². The second kappa shape index (κ2) is 17.0. The summed E-state index contributed by atoms with van der Waals surface area (Å²) in [5.74, 6) is 2.25. The summed E-state index contributed by atoms with van der Waals surface area (Å²) in [6.45, 7) is 5.28. The fraction of sp³-hybridized carbons (Fsp3) is 0.348. The first-order chi connectivity index (χ1) is 28.6. The third kappa shape index (κ3) is 8.92. The molecule has 308 valence electrons. The summed E-state index contributed by atoms with van der Waals surface area (Å²) < 4.78 is 66.5. The van der Waals surface area contributed by atoms with Crippen LogP contribution in [0.3, 0.4) is 0 Å². The van der Waals surface area contributed by atoms with Gasteiger partial charge in [0.05, 0.1) is 44.2 Å². The van der Waals surface area contributed by atoms with Crippen molar-refractivity contribution < 1.29 is 36.6 Å². The zero-order chi connectivity index (χ0) is 41.1. The van der Waals surface area contributed by atoms with Gasteiger partial charge in [0.25, 0.3) is 0 Å². The Labute approximate surface area is 345 Å². The lowest BCUT2D eigenvalue weighted by Crippen LogP contribution is -2.46. The number of nitrogens with zero attached hydrogens (tertiary/aromatic N) is 4. The lowest BCUT2D eigenvalue weighted by atomic mass is 9.90. The summed E-state index contributed by atoms with van der Waals surface area (Å²) in [5, 5.41) is 0. The van der Waals surface area contributed by atoms with Crippen LogP contribution in [0.1, 0.15) is 60.8 Å². The van der Waals surface area contributed by atoms with Crippen LogP contribution in [0.15, 0.2) is 108 Å². The predicted molar refractivity (Wildman–Crippen MR) is 223 cm³/mol. The van der Waals surface area contributed by atoms with Crippen molar-refractivity contribution in [2.45, 2.75) is 68.7 Å². The molecule has 11 nitrogen and oxygen atoms in total. The molecule has 59 heavy (non-hydrogen) atoms. The molecule has 0 bridgehead atoms. The number of sulfonamides is 1. The lowest BCUT2D eigenvalue weighted by Gasteiger charge is -2.37. The SMILES string of the molecule is CCOc1cc(-c2ccc(F)cn2)c(C2CC2)cc1CN1CCC2(CC1)CN(c1ccc(S(=O)(=O)N(Cc3ccc(OC)cc3)Cc3ccc(OC)cc3)cc1)C(=O)O2. The van der Waals surface area contributed by atoms with Crippen molar-refractivity contribution in [3.05, 3.63) is 131 Å². The highest BCUT2D eigenvalue weighted by Gasteiger charge is 2.47. The Morgan fingerprint density at radius 3 is 2.03 bits per heavy atom. The summed E-state index contributed by atoms with van der Waals surface area (Å²) >= 11 is 0. The van der Waals surface area contributed by atoms with Crippen molar-refractivity contribution in [2.24, 2.45) is 0 Å². The maximum atomic E-state index is 14.2. The maximum absolute atomic E-state index is 14.2. The first-order valence-corrected chi connectivity index (χ1v) is 21.5. The second-order valence-corrected chi connectivity index (χ2v) is 17.4. The van der Waals surface area contributed by atoms with Gasteiger partial charge in [0.1, 0.15) is 28.7 Å². The van der Waals surface area contributed by atoms with Crippen LogP contribution in [-0.2, 0) is 34.4 Å². The summed E-state index contributed by atoms with van der Waals surface area (Å²) in [4.78, 5) is 21.9. The third-order valence-electron chi connectivity index (χ3n) is 11.5. The molecule has 2 saturated heterocycles. The number of benzene rings is 4. The topological polar surface area (TPSA) is 111 Å². The average molecular weight is 821 g/mol. The molecule has 4 aromatic carbocycles. The van der Waals surface area contributed by atoms with E-state index in [0.29, 0.717) is 55.6 Å². The fourth-order valence-electron chi connectivity index (χ4n) is 8.03. The Morgan fingerprint density at radius 1 is 0.864 bits per heavy atom. The smallest absolute Gasteiger partial charge is 0.415 e. The van der Waals surface area contributed by atoms with Crippen molar-refractivity contribution >= 4 is 21.8 Å². The number of hydrogen-bond acceptors (Lipinski definition) is 9. The number of halogens is 1. The number of piperidine rings is 1. The number of carbonyl (C=O) groups is 1. The Morgan fingerprint density at radius 2 is 1.49 bits per heavy atom. The first kappa shape index (κ1) is 40.3. The molecule has 1 aromatic heterocycles. The van der Waals surface area contributed by atoms with Crippen LogP contribution in [-0.4, -0.2) is 74.8 Å². The molecule has 1 amide bonds. The van der Waals surface area contributed by atoms with Crippen LogP contribution in [0, 0.1) is 5.82 Å². The van der Waals surface area contributed by atoms with Gasteiger partial charge in [-0.25, -0.2) is 17.6 Å². The number of methoxy groups -OCH3 is 2. The largest absolute Gasteiger partial charge is 0.497 e. The molecule has 2 aliphatic heterocycles. The van der Waals surface area contributed by atoms with Gasteiger partial charge in [-0.1, -0.05) is 24.3 Å². The predicted octanol–water partition coefficient (Wildman–Crippen LogP) is 8.56. The van der Waals surface area contributed by atoms with Gasteiger partial charge in [-0.2, -0.15) is 4.31 Å². The summed E-state index contributed by atoms with van der Waals surface area (Å²) in [7, 11) is -0.788. The van der Waals surface area contributed by atoms with Crippen molar-refractivity contribution in [2.75, 3.05) is 45.4 Å². The molecule has 1 spiro atoms. The van der Waals surface area contributed by atoms with Crippen molar-refractivity contribution in [1.82, 2.24) is 14.2 Å². The highest BCUT2D eigenvalue weighted by atomic mass is 32.2. The lowest BCUT2D eigenvalue weighted by molar-refractivity contribution is -0.00111. The first-order valence-electron chi connectivity index (χ1n) is 20.1. The van der Waals surface area contributed by atoms with E-state index in [-0.39, 0.29) is 23.8 Å². The second-order valence-electron chi connectivity index (χ2n) is 15.5. The maximum Gasteiger partial charge on any atom is 0.415 e. The average Bonchev–Trinajstić information content (AvgIpc) is 4.05. The number of rotatable bonds is 15. The number of pyridine rings is 1. The molecule has 13 heteroatoms. The van der Waals surface area contributed by atoms with Gasteiger partial charge in [0.15, 0.2) is 0 Å². The molecule has 1 saturated carbocycles.